The Hall–Kier alpha value is -3.41. The summed E-state index contributed by atoms with van der Waals surface area (Å²) in [5, 5.41) is 12.4. The van der Waals surface area contributed by atoms with E-state index in [-0.39, 0.29) is 23.3 Å². The number of hydrogen-bond acceptors (Lipinski definition) is 5. The van der Waals surface area contributed by atoms with Crippen molar-refractivity contribution in [1.29, 1.82) is 0 Å². The molecule has 0 aromatic heterocycles. The second kappa shape index (κ2) is 6.37. The minimum atomic E-state index is -0.584. The topological polar surface area (TPSA) is 88.0 Å². The summed E-state index contributed by atoms with van der Waals surface area (Å²) in [6.45, 7) is 1.42. The molecule has 0 atom stereocenters. The number of anilines is 1. The number of carbonyl (C=O) groups is 2. The van der Waals surface area contributed by atoms with E-state index in [2.05, 4.69) is 10.3 Å². The van der Waals surface area contributed by atoms with Gasteiger partial charge in [-0.2, -0.15) is 0 Å². The third-order valence-corrected chi connectivity index (χ3v) is 3.30. The number of nitrogens with one attached hydrogen (secondary N) is 1. The summed E-state index contributed by atoms with van der Waals surface area (Å²) in [4.78, 5) is 27.1. The first-order valence-electron chi connectivity index (χ1n) is 7.21. The van der Waals surface area contributed by atoms with Crippen molar-refractivity contribution in [2.75, 3.05) is 5.32 Å². The second-order valence-corrected chi connectivity index (χ2v) is 5.15. The first-order valence-corrected chi connectivity index (χ1v) is 7.21. The van der Waals surface area contributed by atoms with Crippen molar-refractivity contribution in [2.45, 2.75) is 6.92 Å². The summed E-state index contributed by atoms with van der Waals surface area (Å²) in [5.74, 6) is -0.517. The SMILES string of the molecule is CC(=O)Nc1ccc(C2=N/C(=C\c3ccccc3O)C(=O)O2)cc1. The minimum Gasteiger partial charge on any atom is -0.507 e. The zero-order valence-corrected chi connectivity index (χ0v) is 12.8. The van der Waals surface area contributed by atoms with Gasteiger partial charge in [0.15, 0.2) is 5.70 Å². The third kappa shape index (κ3) is 3.33. The lowest BCUT2D eigenvalue weighted by Crippen LogP contribution is -2.07. The van der Waals surface area contributed by atoms with Crippen molar-refractivity contribution < 1.29 is 19.4 Å². The van der Waals surface area contributed by atoms with Crippen LogP contribution in [0.4, 0.5) is 5.69 Å². The molecule has 0 saturated heterocycles. The van der Waals surface area contributed by atoms with Gasteiger partial charge in [0.05, 0.1) is 0 Å². The fraction of sp³-hybridized carbons (Fsp3) is 0.0556. The number of aliphatic imine (C=N–C) groups is 1. The number of carbonyl (C=O) groups excluding carboxylic acids is 2. The number of phenols is 1. The van der Waals surface area contributed by atoms with Gasteiger partial charge in [0.1, 0.15) is 5.75 Å². The molecule has 0 aliphatic carbocycles. The Morgan fingerprint density at radius 2 is 1.88 bits per heavy atom. The van der Waals surface area contributed by atoms with Crippen molar-refractivity contribution in [3.63, 3.8) is 0 Å². The number of amides is 1. The maximum atomic E-state index is 11.9. The van der Waals surface area contributed by atoms with Crippen LogP contribution in [0.3, 0.4) is 0 Å². The predicted molar refractivity (Wildman–Crippen MR) is 89.5 cm³/mol. The molecule has 1 aliphatic heterocycles. The number of ether oxygens (including phenoxy) is 1. The van der Waals surface area contributed by atoms with Crippen LogP contribution in [0.1, 0.15) is 18.1 Å². The highest BCUT2D eigenvalue weighted by Gasteiger charge is 2.24. The Bertz CT molecular complexity index is 867. The van der Waals surface area contributed by atoms with Crippen molar-refractivity contribution in [2.24, 2.45) is 4.99 Å². The number of aromatic hydroxyl groups is 1. The fourth-order valence-electron chi connectivity index (χ4n) is 2.19. The number of hydrogen-bond donors (Lipinski definition) is 2. The lowest BCUT2D eigenvalue weighted by Gasteiger charge is -2.03. The van der Waals surface area contributed by atoms with E-state index in [0.717, 1.165) is 0 Å². The summed E-state index contributed by atoms with van der Waals surface area (Å²) in [6, 6.07) is 13.4. The molecule has 1 heterocycles. The van der Waals surface area contributed by atoms with Crippen molar-refractivity contribution in [3.8, 4) is 5.75 Å². The molecular weight excluding hydrogens is 308 g/mol. The maximum absolute atomic E-state index is 11.9. The Balaban J connectivity index is 1.86. The molecule has 3 rings (SSSR count). The van der Waals surface area contributed by atoms with Gasteiger partial charge < -0.3 is 15.2 Å². The van der Waals surface area contributed by atoms with E-state index in [1.807, 2.05) is 0 Å². The molecule has 0 bridgehead atoms. The Kier molecular flexibility index (Phi) is 4.11. The molecule has 0 radical (unpaired) electrons. The summed E-state index contributed by atoms with van der Waals surface area (Å²) < 4.78 is 5.17. The van der Waals surface area contributed by atoms with Gasteiger partial charge in [-0.25, -0.2) is 9.79 Å². The number of phenolic OH excluding ortho intramolecular Hbond substituents is 1. The Morgan fingerprint density at radius 3 is 2.54 bits per heavy atom. The number of rotatable bonds is 3. The largest absolute Gasteiger partial charge is 0.507 e. The molecule has 1 aliphatic rings. The van der Waals surface area contributed by atoms with E-state index in [0.29, 0.717) is 16.8 Å². The van der Waals surface area contributed by atoms with Gasteiger partial charge in [-0.15, -0.1) is 0 Å². The molecule has 0 saturated carbocycles. The first kappa shape index (κ1) is 15.5. The van der Waals surface area contributed by atoms with Gasteiger partial charge in [0.2, 0.25) is 11.8 Å². The van der Waals surface area contributed by atoms with Crippen LogP contribution < -0.4 is 5.32 Å². The number of para-hydroxylation sites is 1. The molecule has 0 spiro atoms. The van der Waals surface area contributed by atoms with Crippen molar-refractivity contribution in [1.82, 2.24) is 0 Å². The van der Waals surface area contributed by atoms with Gasteiger partial charge in [-0.05, 0) is 36.4 Å². The smallest absolute Gasteiger partial charge is 0.363 e. The zero-order valence-electron chi connectivity index (χ0n) is 12.8. The lowest BCUT2D eigenvalue weighted by atomic mass is 10.1. The maximum Gasteiger partial charge on any atom is 0.363 e. The van der Waals surface area contributed by atoms with Gasteiger partial charge in [-0.1, -0.05) is 18.2 Å². The molecule has 2 N–H and O–H groups in total. The van der Waals surface area contributed by atoms with Crippen LogP contribution >= 0.6 is 0 Å². The Labute approximate surface area is 138 Å². The molecule has 0 unspecified atom stereocenters. The number of benzene rings is 2. The molecule has 2 aromatic carbocycles. The summed E-state index contributed by atoms with van der Waals surface area (Å²) >= 11 is 0. The van der Waals surface area contributed by atoms with Gasteiger partial charge in [0.25, 0.3) is 0 Å². The average Bonchev–Trinajstić information content (AvgIpc) is 2.91. The highest BCUT2D eigenvalue weighted by molar-refractivity contribution is 6.13. The number of nitrogens with zero attached hydrogens (tertiary/aromatic N) is 1. The normalized spacial score (nSPS) is 15.1. The first-order chi connectivity index (χ1) is 11.5. The van der Waals surface area contributed by atoms with Crippen LogP contribution in [-0.2, 0) is 14.3 Å². The third-order valence-electron chi connectivity index (χ3n) is 3.30. The second-order valence-electron chi connectivity index (χ2n) is 5.15. The lowest BCUT2D eigenvalue weighted by molar-refractivity contribution is -0.129. The highest BCUT2D eigenvalue weighted by Crippen LogP contribution is 2.24. The van der Waals surface area contributed by atoms with Gasteiger partial charge in [0, 0.05) is 23.7 Å². The molecule has 6 heteroatoms. The van der Waals surface area contributed by atoms with E-state index in [9.17, 15) is 14.7 Å². The number of cyclic esters (lactones) is 1. The average molecular weight is 322 g/mol. The van der Waals surface area contributed by atoms with Gasteiger partial charge in [-0.3, -0.25) is 4.79 Å². The highest BCUT2D eigenvalue weighted by atomic mass is 16.6. The molecule has 1 amide bonds. The van der Waals surface area contributed by atoms with Crippen LogP contribution in [0.5, 0.6) is 5.75 Å². The van der Waals surface area contributed by atoms with Crippen molar-refractivity contribution in [3.05, 3.63) is 65.4 Å². The molecule has 0 fully saturated rings. The standard InChI is InChI=1S/C18H14N2O4/c1-11(21)19-14-8-6-12(7-9-14)17-20-15(18(23)24-17)10-13-4-2-3-5-16(13)22/h2-10,22H,1H3,(H,19,21)/b15-10-. The molecular formula is C18H14N2O4. The zero-order chi connectivity index (χ0) is 17.1. The molecule has 24 heavy (non-hydrogen) atoms. The summed E-state index contributed by atoms with van der Waals surface area (Å²) in [6.07, 6.45) is 1.47. The summed E-state index contributed by atoms with van der Waals surface area (Å²) in [5.41, 5.74) is 1.84. The van der Waals surface area contributed by atoms with E-state index >= 15 is 0 Å². The quantitative estimate of drug-likeness (QED) is 0.672. The predicted octanol–water partition coefficient (Wildman–Crippen LogP) is 2.70. The van der Waals surface area contributed by atoms with Crippen LogP contribution in [0.2, 0.25) is 0 Å². The van der Waals surface area contributed by atoms with Crippen LogP contribution in [-0.4, -0.2) is 22.9 Å². The van der Waals surface area contributed by atoms with Crippen LogP contribution in [0.15, 0.2) is 59.2 Å². The van der Waals surface area contributed by atoms with E-state index in [4.69, 9.17) is 4.74 Å². The minimum absolute atomic E-state index is 0.0566. The summed E-state index contributed by atoms with van der Waals surface area (Å²) in [7, 11) is 0. The molecule has 2 aromatic rings. The van der Waals surface area contributed by atoms with Crippen molar-refractivity contribution >= 4 is 29.5 Å². The Morgan fingerprint density at radius 1 is 1.17 bits per heavy atom. The van der Waals surface area contributed by atoms with E-state index < -0.39 is 5.97 Å². The van der Waals surface area contributed by atoms with E-state index in [1.165, 1.54) is 19.1 Å². The monoisotopic (exact) mass is 322 g/mol. The molecule has 120 valence electrons. The van der Waals surface area contributed by atoms with Crippen LogP contribution in [0.25, 0.3) is 6.08 Å². The fourth-order valence-corrected chi connectivity index (χ4v) is 2.19. The number of esters is 1. The van der Waals surface area contributed by atoms with Crippen LogP contribution in [0, 0.1) is 0 Å². The van der Waals surface area contributed by atoms with E-state index in [1.54, 1.807) is 42.5 Å². The molecule has 6 nitrogen and oxygen atoms in total. The van der Waals surface area contributed by atoms with Gasteiger partial charge >= 0.3 is 5.97 Å².